The molecule has 0 aliphatic heterocycles. The van der Waals surface area contributed by atoms with E-state index in [-0.39, 0.29) is 5.91 Å². The molecule has 102 valence electrons. The molecule has 0 atom stereocenters. The predicted molar refractivity (Wildman–Crippen MR) is 68.2 cm³/mol. The van der Waals surface area contributed by atoms with E-state index in [1.165, 1.54) is 0 Å². The maximum atomic E-state index is 12.2. The molecule has 0 saturated heterocycles. The van der Waals surface area contributed by atoms with Gasteiger partial charge in [-0.05, 0) is 12.1 Å². The second-order valence-electron chi connectivity index (χ2n) is 4.27. The standard InChI is InChI=1S/C12H17N5O2/c1-15(8-10-4-6-13-16(10)2)12(18)11-5-7-17(14-11)9-19-3/h4-7H,8-9H2,1-3H3. The molecule has 2 aromatic rings. The second-order valence-corrected chi connectivity index (χ2v) is 4.27. The van der Waals surface area contributed by atoms with Crippen LogP contribution in [0.4, 0.5) is 0 Å². The summed E-state index contributed by atoms with van der Waals surface area (Å²) < 4.78 is 8.26. The van der Waals surface area contributed by atoms with Crippen molar-refractivity contribution in [1.29, 1.82) is 0 Å². The van der Waals surface area contributed by atoms with Gasteiger partial charge in [-0.15, -0.1) is 0 Å². The number of methoxy groups -OCH3 is 1. The Balaban J connectivity index is 2.04. The molecule has 0 bridgehead atoms. The van der Waals surface area contributed by atoms with E-state index in [0.29, 0.717) is 19.0 Å². The predicted octanol–water partition coefficient (Wildman–Crippen LogP) is 0.493. The lowest BCUT2D eigenvalue weighted by atomic mass is 10.3. The topological polar surface area (TPSA) is 65.2 Å². The van der Waals surface area contributed by atoms with Gasteiger partial charge in [-0.2, -0.15) is 10.2 Å². The summed E-state index contributed by atoms with van der Waals surface area (Å²) in [6.07, 6.45) is 3.43. The van der Waals surface area contributed by atoms with E-state index in [4.69, 9.17) is 4.74 Å². The van der Waals surface area contributed by atoms with Crippen LogP contribution in [0, 0.1) is 0 Å². The van der Waals surface area contributed by atoms with Gasteiger partial charge in [0.05, 0.1) is 12.2 Å². The number of hydrogen-bond acceptors (Lipinski definition) is 4. The molecular formula is C12H17N5O2. The van der Waals surface area contributed by atoms with Crippen LogP contribution in [0.25, 0.3) is 0 Å². The van der Waals surface area contributed by atoms with Crippen LogP contribution in [0.1, 0.15) is 16.2 Å². The molecule has 7 nitrogen and oxygen atoms in total. The lowest BCUT2D eigenvalue weighted by Crippen LogP contribution is -2.27. The maximum absolute atomic E-state index is 12.2. The first-order chi connectivity index (χ1) is 9.11. The SMILES string of the molecule is COCn1ccc(C(=O)N(C)Cc2ccnn2C)n1. The van der Waals surface area contributed by atoms with E-state index >= 15 is 0 Å². The second kappa shape index (κ2) is 5.66. The van der Waals surface area contributed by atoms with Gasteiger partial charge >= 0.3 is 0 Å². The van der Waals surface area contributed by atoms with Gasteiger partial charge in [-0.25, -0.2) is 4.68 Å². The molecule has 0 N–H and O–H groups in total. The summed E-state index contributed by atoms with van der Waals surface area (Å²) in [5.74, 6) is -0.129. The van der Waals surface area contributed by atoms with Crippen molar-refractivity contribution in [2.24, 2.45) is 7.05 Å². The average Bonchev–Trinajstić information content (AvgIpc) is 2.99. The summed E-state index contributed by atoms with van der Waals surface area (Å²) in [6, 6.07) is 3.56. The fourth-order valence-electron chi connectivity index (χ4n) is 1.75. The number of hydrogen-bond donors (Lipinski definition) is 0. The highest BCUT2D eigenvalue weighted by Crippen LogP contribution is 2.06. The quantitative estimate of drug-likeness (QED) is 0.787. The number of amides is 1. The third-order valence-electron chi connectivity index (χ3n) is 2.79. The molecule has 0 saturated carbocycles. The third-order valence-corrected chi connectivity index (χ3v) is 2.79. The minimum absolute atomic E-state index is 0.129. The lowest BCUT2D eigenvalue weighted by molar-refractivity contribution is 0.0770. The molecule has 0 aliphatic carbocycles. The Morgan fingerprint density at radius 3 is 2.89 bits per heavy atom. The van der Waals surface area contributed by atoms with Crippen molar-refractivity contribution in [1.82, 2.24) is 24.5 Å². The molecule has 0 spiro atoms. The smallest absolute Gasteiger partial charge is 0.274 e. The van der Waals surface area contributed by atoms with Crippen LogP contribution in [-0.2, 0) is 25.1 Å². The molecule has 19 heavy (non-hydrogen) atoms. The highest BCUT2D eigenvalue weighted by molar-refractivity contribution is 5.91. The van der Waals surface area contributed by atoms with Gasteiger partial charge in [-0.3, -0.25) is 9.48 Å². The Bertz CT molecular complexity index is 560. The Hall–Kier alpha value is -2.15. The van der Waals surface area contributed by atoms with Gasteiger partial charge in [0.1, 0.15) is 12.4 Å². The van der Waals surface area contributed by atoms with Gasteiger partial charge < -0.3 is 9.64 Å². The Labute approximate surface area is 111 Å². The van der Waals surface area contributed by atoms with Crippen molar-refractivity contribution in [3.05, 3.63) is 35.9 Å². The van der Waals surface area contributed by atoms with Crippen molar-refractivity contribution < 1.29 is 9.53 Å². The van der Waals surface area contributed by atoms with Crippen LogP contribution in [0.5, 0.6) is 0 Å². The van der Waals surface area contributed by atoms with Crippen molar-refractivity contribution in [2.45, 2.75) is 13.3 Å². The van der Waals surface area contributed by atoms with Crippen LogP contribution in [-0.4, -0.2) is 44.5 Å². The number of nitrogens with zero attached hydrogens (tertiary/aromatic N) is 5. The van der Waals surface area contributed by atoms with E-state index in [1.807, 2.05) is 13.1 Å². The molecule has 2 rings (SSSR count). The van der Waals surface area contributed by atoms with Gasteiger partial charge in [0.15, 0.2) is 0 Å². The average molecular weight is 263 g/mol. The van der Waals surface area contributed by atoms with Crippen LogP contribution >= 0.6 is 0 Å². The van der Waals surface area contributed by atoms with Crippen LogP contribution in [0.15, 0.2) is 24.5 Å². The van der Waals surface area contributed by atoms with Gasteiger partial charge in [0.25, 0.3) is 5.91 Å². The first kappa shape index (κ1) is 13.3. The number of ether oxygens (including phenoxy) is 1. The molecular weight excluding hydrogens is 246 g/mol. The lowest BCUT2D eigenvalue weighted by Gasteiger charge is -2.15. The van der Waals surface area contributed by atoms with E-state index < -0.39 is 0 Å². The number of carbonyl (C=O) groups excluding carboxylic acids is 1. The largest absolute Gasteiger partial charge is 0.362 e. The van der Waals surface area contributed by atoms with E-state index in [1.54, 1.807) is 46.9 Å². The van der Waals surface area contributed by atoms with Gasteiger partial charge in [0, 0.05) is 33.6 Å². The Morgan fingerprint density at radius 1 is 1.47 bits per heavy atom. The number of carbonyl (C=O) groups is 1. The Morgan fingerprint density at radius 2 is 2.26 bits per heavy atom. The third kappa shape index (κ3) is 3.00. The molecule has 2 aromatic heterocycles. The van der Waals surface area contributed by atoms with Gasteiger partial charge in [0.2, 0.25) is 0 Å². The molecule has 7 heteroatoms. The van der Waals surface area contributed by atoms with Crippen LogP contribution in [0.2, 0.25) is 0 Å². The summed E-state index contributed by atoms with van der Waals surface area (Å²) in [5.41, 5.74) is 1.37. The van der Waals surface area contributed by atoms with Crippen molar-refractivity contribution in [3.8, 4) is 0 Å². The minimum atomic E-state index is -0.129. The van der Waals surface area contributed by atoms with Gasteiger partial charge in [-0.1, -0.05) is 0 Å². The zero-order valence-electron chi connectivity index (χ0n) is 11.3. The molecule has 0 radical (unpaired) electrons. The summed E-state index contributed by atoms with van der Waals surface area (Å²) >= 11 is 0. The number of aryl methyl sites for hydroxylation is 1. The first-order valence-corrected chi connectivity index (χ1v) is 5.86. The minimum Gasteiger partial charge on any atom is -0.362 e. The molecule has 0 unspecified atom stereocenters. The van der Waals surface area contributed by atoms with E-state index in [9.17, 15) is 4.79 Å². The van der Waals surface area contributed by atoms with Crippen molar-refractivity contribution in [2.75, 3.05) is 14.2 Å². The Kier molecular flexibility index (Phi) is 3.96. The summed E-state index contributed by atoms with van der Waals surface area (Å²) in [5, 5.41) is 8.22. The maximum Gasteiger partial charge on any atom is 0.274 e. The fraction of sp³-hybridized carbons (Fsp3) is 0.417. The number of aromatic nitrogens is 4. The molecule has 1 amide bonds. The highest BCUT2D eigenvalue weighted by atomic mass is 16.5. The molecule has 0 aliphatic rings. The normalized spacial score (nSPS) is 10.7. The van der Waals surface area contributed by atoms with Crippen molar-refractivity contribution in [3.63, 3.8) is 0 Å². The molecule has 0 aromatic carbocycles. The van der Waals surface area contributed by atoms with E-state index in [0.717, 1.165) is 5.69 Å². The highest BCUT2D eigenvalue weighted by Gasteiger charge is 2.16. The van der Waals surface area contributed by atoms with E-state index in [2.05, 4.69) is 10.2 Å². The summed E-state index contributed by atoms with van der Waals surface area (Å²) in [6.45, 7) is 0.825. The summed E-state index contributed by atoms with van der Waals surface area (Å²) in [4.78, 5) is 13.8. The fourth-order valence-corrected chi connectivity index (χ4v) is 1.75. The monoisotopic (exact) mass is 263 g/mol. The summed E-state index contributed by atoms with van der Waals surface area (Å²) in [7, 11) is 5.17. The van der Waals surface area contributed by atoms with Crippen molar-refractivity contribution >= 4 is 5.91 Å². The zero-order valence-corrected chi connectivity index (χ0v) is 11.3. The first-order valence-electron chi connectivity index (χ1n) is 5.86. The molecule has 0 fully saturated rings. The number of rotatable bonds is 5. The zero-order chi connectivity index (χ0) is 13.8. The van der Waals surface area contributed by atoms with Crippen LogP contribution in [0.3, 0.4) is 0 Å². The van der Waals surface area contributed by atoms with Crippen LogP contribution < -0.4 is 0 Å². The molecule has 2 heterocycles.